The molecule has 1 aromatic rings. The largest absolute Gasteiger partial charge is 0.368 e. The Morgan fingerprint density at radius 1 is 1.42 bits per heavy atom. The number of hydrogen-bond donors (Lipinski definition) is 1. The summed E-state index contributed by atoms with van der Waals surface area (Å²) in [4.78, 5) is 14.5. The number of rotatable bonds is 8. The number of halogens is 1. The van der Waals surface area contributed by atoms with Gasteiger partial charge >= 0.3 is 0 Å². The van der Waals surface area contributed by atoms with Gasteiger partial charge < -0.3 is 10.1 Å². The van der Waals surface area contributed by atoms with Crippen LogP contribution in [0.5, 0.6) is 0 Å². The minimum Gasteiger partial charge on any atom is -0.368 e. The molecule has 5 heteroatoms. The van der Waals surface area contributed by atoms with Gasteiger partial charge in [-0.25, -0.2) is 0 Å². The highest BCUT2D eigenvalue weighted by Gasteiger charge is 2.23. The van der Waals surface area contributed by atoms with E-state index in [0.717, 1.165) is 43.9 Å². The molecule has 1 unspecified atom stereocenters. The van der Waals surface area contributed by atoms with Crippen molar-refractivity contribution in [3.8, 4) is 0 Å². The lowest BCUT2D eigenvalue weighted by Gasteiger charge is -2.32. The average molecular weight is 351 g/mol. The third-order valence-corrected chi connectivity index (χ3v) is 4.56. The van der Waals surface area contributed by atoms with Crippen molar-refractivity contribution in [3.63, 3.8) is 0 Å². The van der Waals surface area contributed by atoms with Gasteiger partial charge in [0.05, 0.1) is 6.61 Å². The second-order valence-corrected chi connectivity index (χ2v) is 6.71. The number of hydrogen-bond acceptors (Lipinski definition) is 3. The number of likely N-dealkylation sites (tertiary alicyclic amines) is 1. The Balaban J connectivity index is 1.69. The minimum atomic E-state index is -0.406. The third-order valence-electron chi connectivity index (χ3n) is 4.31. The van der Waals surface area contributed by atoms with Crippen molar-refractivity contribution in [2.45, 2.75) is 44.9 Å². The Morgan fingerprint density at radius 2 is 2.08 bits per heavy atom. The van der Waals surface area contributed by atoms with Crippen LogP contribution in [0.1, 0.15) is 31.7 Å². The summed E-state index contributed by atoms with van der Waals surface area (Å²) in [5.41, 5.74) is 1.27. The first-order valence-electron chi connectivity index (χ1n) is 8.58. The number of carbonyl (C=O) groups excluding carboxylic acids is 1. The molecule has 0 aliphatic carbocycles. The van der Waals surface area contributed by atoms with Crippen LogP contribution in [-0.2, 0) is 16.1 Å². The highest BCUT2D eigenvalue weighted by molar-refractivity contribution is 6.30. The number of ether oxygens (including phenoxy) is 1. The predicted molar refractivity (Wildman–Crippen MR) is 98.1 cm³/mol. The molecule has 0 radical (unpaired) electrons. The summed E-state index contributed by atoms with van der Waals surface area (Å²) < 4.78 is 5.49. The number of carbonyl (C=O) groups is 1. The fraction of sp³-hybridized carbons (Fsp3) is 0.526. The van der Waals surface area contributed by atoms with E-state index in [0.29, 0.717) is 6.61 Å². The van der Waals surface area contributed by atoms with Gasteiger partial charge in [-0.05, 0) is 43.9 Å². The van der Waals surface area contributed by atoms with Crippen LogP contribution in [0.15, 0.2) is 36.9 Å². The van der Waals surface area contributed by atoms with Crippen molar-refractivity contribution in [1.29, 1.82) is 0 Å². The quantitative estimate of drug-likeness (QED) is 0.577. The van der Waals surface area contributed by atoms with E-state index in [4.69, 9.17) is 16.3 Å². The maximum Gasteiger partial charge on any atom is 0.249 e. The summed E-state index contributed by atoms with van der Waals surface area (Å²) in [7, 11) is 0. The van der Waals surface area contributed by atoms with Gasteiger partial charge in [0, 0.05) is 30.7 Å². The summed E-state index contributed by atoms with van der Waals surface area (Å²) in [6, 6.07) is 8.23. The van der Waals surface area contributed by atoms with Crippen LogP contribution in [0.25, 0.3) is 0 Å². The molecule has 1 saturated heterocycles. The molecule has 0 saturated carbocycles. The van der Waals surface area contributed by atoms with Crippen molar-refractivity contribution < 1.29 is 9.53 Å². The van der Waals surface area contributed by atoms with Crippen LogP contribution in [0.4, 0.5) is 0 Å². The molecule has 1 atom stereocenters. The van der Waals surface area contributed by atoms with Gasteiger partial charge in [-0.2, -0.15) is 0 Å². The van der Waals surface area contributed by atoms with Gasteiger partial charge in [-0.15, -0.1) is 6.58 Å². The van der Waals surface area contributed by atoms with E-state index in [2.05, 4.69) is 28.9 Å². The van der Waals surface area contributed by atoms with E-state index >= 15 is 0 Å². The van der Waals surface area contributed by atoms with Gasteiger partial charge in [-0.1, -0.05) is 29.8 Å². The van der Waals surface area contributed by atoms with Crippen LogP contribution < -0.4 is 5.32 Å². The van der Waals surface area contributed by atoms with E-state index in [1.165, 1.54) is 5.56 Å². The Bertz CT molecular complexity index is 525. The number of amides is 1. The second kappa shape index (κ2) is 9.82. The lowest BCUT2D eigenvalue weighted by Crippen LogP contribution is -2.47. The maximum absolute atomic E-state index is 12.1. The van der Waals surface area contributed by atoms with E-state index in [-0.39, 0.29) is 11.9 Å². The zero-order valence-electron chi connectivity index (χ0n) is 14.3. The number of benzene rings is 1. The first kappa shape index (κ1) is 19.0. The Kier molecular flexibility index (Phi) is 7.76. The van der Waals surface area contributed by atoms with Gasteiger partial charge in [0.2, 0.25) is 5.91 Å². The monoisotopic (exact) mass is 350 g/mol. The SMILES string of the molecule is C=CCCOC(C)C(=O)NC1CCN(Cc2ccc(Cl)cc2)CC1. The molecule has 0 aromatic heterocycles. The lowest BCUT2D eigenvalue weighted by molar-refractivity contribution is -0.132. The summed E-state index contributed by atoms with van der Waals surface area (Å²) in [6.45, 7) is 8.88. The molecule has 1 N–H and O–H groups in total. The molecule has 1 aliphatic heterocycles. The average Bonchev–Trinajstić information content (AvgIpc) is 2.58. The molecular weight excluding hydrogens is 324 g/mol. The van der Waals surface area contributed by atoms with E-state index < -0.39 is 6.10 Å². The predicted octanol–water partition coefficient (Wildman–Crippen LogP) is 3.40. The van der Waals surface area contributed by atoms with Crippen LogP contribution in [0.2, 0.25) is 5.02 Å². The van der Waals surface area contributed by atoms with E-state index in [1.54, 1.807) is 13.0 Å². The number of piperidine rings is 1. The van der Waals surface area contributed by atoms with Crippen LogP contribution >= 0.6 is 11.6 Å². The third kappa shape index (κ3) is 6.27. The standard InChI is InChI=1S/C19H27ClN2O2/c1-3-4-13-24-15(2)19(23)21-18-9-11-22(12-10-18)14-16-5-7-17(20)8-6-16/h3,5-8,15,18H,1,4,9-14H2,2H3,(H,21,23). The first-order chi connectivity index (χ1) is 11.6. The summed E-state index contributed by atoms with van der Waals surface area (Å²) in [5, 5.41) is 3.87. The molecule has 1 aliphatic rings. The molecule has 132 valence electrons. The Morgan fingerprint density at radius 3 is 2.71 bits per heavy atom. The van der Waals surface area contributed by atoms with Crippen LogP contribution in [0.3, 0.4) is 0 Å². The molecular formula is C19H27ClN2O2. The molecule has 2 rings (SSSR count). The lowest BCUT2D eigenvalue weighted by atomic mass is 10.0. The maximum atomic E-state index is 12.1. The topological polar surface area (TPSA) is 41.6 Å². The highest BCUT2D eigenvalue weighted by atomic mass is 35.5. The molecule has 0 spiro atoms. The highest BCUT2D eigenvalue weighted by Crippen LogP contribution is 2.16. The van der Waals surface area contributed by atoms with Gasteiger partial charge in [0.25, 0.3) is 0 Å². The summed E-state index contributed by atoms with van der Waals surface area (Å²) >= 11 is 5.92. The van der Waals surface area contributed by atoms with Gasteiger partial charge in [0.15, 0.2) is 0 Å². The second-order valence-electron chi connectivity index (χ2n) is 6.28. The molecule has 24 heavy (non-hydrogen) atoms. The fourth-order valence-corrected chi connectivity index (χ4v) is 2.93. The molecule has 1 aromatic carbocycles. The number of nitrogens with zero attached hydrogens (tertiary/aromatic N) is 1. The van der Waals surface area contributed by atoms with Crippen LogP contribution in [-0.4, -0.2) is 42.6 Å². The van der Waals surface area contributed by atoms with Crippen molar-refractivity contribution >= 4 is 17.5 Å². The molecule has 0 bridgehead atoms. The first-order valence-corrected chi connectivity index (χ1v) is 8.96. The minimum absolute atomic E-state index is 0.0183. The Labute approximate surface area is 149 Å². The summed E-state index contributed by atoms with van der Waals surface area (Å²) in [6.07, 6.45) is 4.09. The molecule has 4 nitrogen and oxygen atoms in total. The van der Waals surface area contributed by atoms with E-state index in [9.17, 15) is 4.79 Å². The van der Waals surface area contributed by atoms with Crippen LogP contribution in [0, 0.1) is 0 Å². The van der Waals surface area contributed by atoms with Crippen molar-refractivity contribution in [2.24, 2.45) is 0 Å². The van der Waals surface area contributed by atoms with Crippen molar-refractivity contribution in [1.82, 2.24) is 10.2 Å². The fourth-order valence-electron chi connectivity index (χ4n) is 2.81. The summed E-state index contributed by atoms with van der Waals surface area (Å²) in [5.74, 6) is -0.0183. The molecule has 1 heterocycles. The van der Waals surface area contributed by atoms with Crippen molar-refractivity contribution in [2.75, 3.05) is 19.7 Å². The normalized spacial score (nSPS) is 17.4. The smallest absolute Gasteiger partial charge is 0.249 e. The van der Waals surface area contributed by atoms with Gasteiger partial charge in [-0.3, -0.25) is 9.69 Å². The molecule has 1 fully saturated rings. The molecule has 1 amide bonds. The number of nitrogens with one attached hydrogen (secondary N) is 1. The Hall–Kier alpha value is -1.36. The zero-order chi connectivity index (χ0) is 17.4. The zero-order valence-corrected chi connectivity index (χ0v) is 15.1. The van der Waals surface area contributed by atoms with Gasteiger partial charge in [0.1, 0.15) is 6.10 Å². The van der Waals surface area contributed by atoms with E-state index in [1.807, 2.05) is 12.1 Å². The van der Waals surface area contributed by atoms with Crippen molar-refractivity contribution in [3.05, 3.63) is 47.5 Å².